The molecule has 0 aromatic heterocycles. The van der Waals surface area contributed by atoms with E-state index in [9.17, 15) is 8.78 Å². The van der Waals surface area contributed by atoms with Crippen LogP contribution >= 0.6 is 0 Å². The van der Waals surface area contributed by atoms with Crippen LogP contribution in [0.4, 0.5) is 20.2 Å². The third-order valence-electron chi connectivity index (χ3n) is 3.40. The zero-order valence-corrected chi connectivity index (χ0v) is 10.2. The molecule has 1 saturated heterocycles. The summed E-state index contributed by atoms with van der Waals surface area (Å²) in [6.45, 7) is 4.87. The molecule has 0 radical (unpaired) electrons. The predicted molar refractivity (Wildman–Crippen MR) is 66.0 cm³/mol. The summed E-state index contributed by atoms with van der Waals surface area (Å²) < 4.78 is 27.7. The normalized spacial score (nSPS) is 20.3. The van der Waals surface area contributed by atoms with Crippen molar-refractivity contribution in [3.8, 4) is 0 Å². The summed E-state index contributed by atoms with van der Waals surface area (Å²) in [7, 11) is 0. The van der Waals surface area contributed by atoms with Crippen molar-refractivity contribution < 1.29 is 8.78 Å². The number of nitrogens with zero attached hydrogens (tertiary/aromatic N) is 1. The van der Waals surface area contributed by atoms with Crippen molar-refractivity contribution in [1.29, 1.82) is 0 Å². The largest absolute Gasteiger partial charge is 0.399 e. The molecule has 1 aliphatic rings. The highest BCUT2D eigenvalue weighted by Gasteiger charge is 2.30. The zero-order chi connectivity index (χ0) is 12.6. The van der Waals surface area contributed by atoms with Gasteiger partial charge in [0, 0.05) is 18.3 Å². The van der Waals surface area contributed by atoms with E-state index in [2.05, 4.69) is 13.8 Å². The van der Waals surface area contributed by atoms with Crippen molar-refractivity contribution in [2.75, 3.05) is 17.2 Å². The molecule has 2 nitrogen and oxygen atoms in total. The molecule has 4 heteroatoms. The molecular formula is C13H18F2N2. The van der Waals surface area contributed by atoms with Crippen molar-refractivity contribution in [3.05, 3.63) is 23.8 Å². The van der Waals surface area contributed by atoms with Gasteiger partial charge in [-0.15, -0.1) is 0 Å². The number of anilines is 2. The van der Waals surface area contributed by atoms with Crippen LogP contribution < -0.4 is 10.6 Å². The van der Waals surface area contributed by atoms with Gasteiger partial charge in [0.1, 0.15) is 5.69 Å². The van der Waals surface area contributed by atoms with E-state index in [1.54, 1.807) is 0 Å². The number of hydrogen-bond donors (Lipinski definition) is 1. The first kappa shape index (κ1) is 12.1. The van der Waals surface area contributed by atoms with Crippen LogP contribution in [0.25, 0.3) is 0 Å². The fraction of sp³-hybridized carbons (Fsp3) is 0.538. The molecule has 0 aliphatic carbocycles. The van der Waals surface area contributed by atoms with Gasteiger partial charge in [0.15, 0.2) is 11.6 Å². The number of halogens is 2. The topological polar surface area (TPSA) is 29.3 Å². The molecule has 2 rings (SSSR count). The second-order valence-corrected chi connectivity index (χ2v) is 4.98. The van der Waals surface area contributed by atoms with Crippen LogP contribution in [0, 0.1) is 17.6 Å². The molecule has 0 amide bonds. The van der Waals surface area contributed by atoms with Crippen LogP contribution in [0.3, 0.4) is 0 Å². The Morgan fingerprint density at radius 1 is 1.29 bits per heavy atom. The second kappa shape index (κ2) is 4.51. The van der Waals surface area contributed by atoms with Gasteiger partial charge in [0.05, 0.1) is 0 Å². The van der Waals surface area contributed by atoms with Gasteiger partial charge in [-0.25, -0.2) is 8.78 Å². The van der Waals surface area contributed by atoms with E-state index >= 15 is 0 Å². The van der Waals surface area contributed by atoms with E-state index in [1.807, 2.05) is 4.90 Å². The predicted octanol–water partition coefficient (Wildman–Crippen LogP) is 3.17. The first-order chi connectivity index (χ1) is 8.00. The van der Waals surface area contributed by atoms with Gasteiger partial charge >= 0.3 is 0 Å². The summed E-state index contributed by atoms with van der Waals surface area (Å²) in [4.78, 5) is 1.84. The molecule has 1 aromatic rings. The van der Waals surface area contributed by atoms with Gasteiger partial charge in [-0.1, -0.05) is 13.8 Å². The van der Waals surface area contributed by atoms with E-state index in [1.165, 1.54) is 12.1 Å². The quantitative estimate of drug-likeness (QED) is 0.804. The van der Waals surface area contributed by atoms with Crippen molar-refractivity contribution >= 4 is 11.4 Å². The molecule has 1 heterocycles. The summed E-state index contributed by atoms with van der Waals surface area (Å²) in [5.74, 6) is -0.737. The molecule has 0 spiro atoms. The number of nitrogen functional groups attached to an aromatic ring is 1. The van der Waals surface area contributed by atoms with E-state index in [-0.39, 0.29) is 17.4 Å². The van der Waals surface area contributed by atoms with Gasteiger partial charge in [-0.3, -0.25) is 0 Å². The molecule has 17 heavy (non-hydrogen) atoms. The maximum Gasteiger partial charge on any atom is 0.151 e. The summed E-state index contributed by atoms with van der Waals surface area (Å²) in [5.41, 5.74) is 5.63. The lowest BCUT2D eigenvalue weighted by atomic mass is 10.0. The highest BCUT2D eigenvalue weighted by molar-refractivity contribution is 5.57. The smallest absolute Gasteiger partial charge is 0.151 e. The number of nitrogens with two attached hydrogens (primary N) is 1. The van der Waals surface area contributed by atoms with Gasteiger partial charge in [-0.2, -0.15) is 0 Å². The zero-order valence-electron chi connectivity index (χ0n) is 10.2. The Labute approximate surface area is 100 Å². The van der Waals surface area contributed by atoms with Crippen molar-refractivity contribution in [1.82, 2.24) is 0 Å². The number of hydrogen-bond acceptors (Lipinski definition) is 2. The van der Waals surface area contributed by atoms with Crippen molar-refractivity contribution in [3.63, 3.8) is 0 Å². The maximum atomic E-state index is 13.8. The SMILES string of the molecule is CC(C)C1CCCN1c1c(F)cc(N)cc1F. The van der Waals surface area contributed by atoms with Crippen molar-refractivity contribution in [2.24, 2.45) is 5.92 Å². The molecule has 2 N–H and O–H groups in total. The summed E-state index contributed by atoms with van der Waals surface area (Å²) in [6, 6.07) is 2.59. The minimum absolute atomic E-state index is 0.0791. The Balaban J connectivity index is 2.40. The summed E-state index contributed by atoms with van der Waals surface area (Å²) >= 11 is 0. The van der Waals surface area contributed by atoms with Gasteiger partial charge in [0.2, 0.25) is 0 Å². The minimum Gasteiger partial charge on any atom is -0.399 e. The molecule has 1 aromatic carbocycles. The fourth-order valence-electron chi connectivity index (χ4n) is 2.62. The Hall–Kier alpha value is -1.32. The highest BCUT2D eigenvalue weighted by Crippen LogP contribution is 2.34. The lowest BCUT2D eigenvalue weighted by molar-refractivity contribution is 0.477. The molecule has 0 saturated carbocycles. The third-order valence-corrected chi connectivity index (χ3v) is 3.40. The first-order valence-electron chi connectivity index (χ1n) is 6.02. The van der Waals surface area contributed by atoms with Gasteiger partial charge in [0.25, 0.3) is 0 Å². The average Bonchev–Trinajstić information content (AvgIpc) is 2.64. The fourth-order valence-corrected chi connectivity index (χ4v) is 2.62. The van der Waals surface area contributed by atoms with E-state index < -0.39 is 11.6 Å². The lowest BCUT2D eigenvalue weighted by Crippen LogP contribution is -2.34. The molecule has 1 aliphatic heterocycles. The molecule has 1 unspecified atom stereocenters. The van der Waals surface area contributed by atoms with E-state index in [0.717, 1.165) is 12.8 Å². The van der Waals surface area contributed by atoms with E-state index in [0.29, 0.717) is 12.5 Å². The Morgan fingerprint density at radius 2 is 1.88 bits per heavy atom. The molecule has 0 bridgehead atoms. The summed E-state index contributed by atoms with van der Waals surface area (Å²) in [5, 5.41) is 0. The molecule has 94 valence electrons. The maximum absolute atomic E-state index is 13.8. The second-order valence-electron chi connectivity index (χ2n) is 4.98. The first-order valence-corrected chi connectivity index (χ1v) is 6.02. The standard InChI is InChI=1S/C13H18F2N2/c1-8(2)12-4-3-5-17(12)13-10(14)6-9(16)7-11(13)15/h6-8,12H,3-5,16H2,1-2H3. The Bertz CT molecular complexity index is 395. The summed E-state index contributed by atoms with van der Waals surface area (Å²) in [6.07, 6.45) is 1.97. The highest BCUT2D eigenvalue weighted by atomic mass is 19.1. The van der Waals surface area contributed by atoms with Crippen LogP contribution in [-0.4, -0.2) is 12.6 Å². The number of benzene rings is 1. The van der Waals surface area contributed by atoms with Crippen molar-refractivity contribution in [2.45, 2.75) is 32.7 Å². The Kier molecular flexibility index (Phi) is 3.22. The molecule has 1 fully saturated rings. The number of rotatable bonds is 2. The van der Waals surface area contributed by atoms with Gasteiger partial charge < -0.3 is 10.6 Å². The molecule has 1 atom stereocenters. The van der Waals surface area contributed by atoms with Crippen LogP contribution in [0.15, 0.2) is 12.1 Å². The van der Waals surface area contributed by atoms with Crippen LogP contribution in [0.5, 0.6) is 0 Å². The lowest BCUT2D eigenvalue weighted by Gasteiger charge is -2.30. The van der Waals surface area contributed by atoms with Crippen LogP contribution in [-0.2, 0) is 0 Å². The average molecular weight is 240 g/mol. The monoisotopic (exact) mass is 240 g/mol. The minimum atomic E-state index is -0.560. The van der Waals surface area contributed by atoms with Gasteiger partial charge in [-0.05, 0) is 30.9 Å². The van der Waals surface area contributed by atoms with Crippen LogP contribution in [0.1, 0.15) is 26.7 Å². The van der Waals surface area contributed by atoms with E-state index in [4.69, 9.17) is 5.73 Å². The molecular weight excluding hydrogens is 222 g/mol. The van der Waals surface area contributed by atoms with Crippen LogP contribution in [0.2, 0.25) is 0 Å². The third kappa shape index (κ3) is 2.21. The Morgan fingerprint density at radius 3 is 2.41 bits per heavy atom.